The Bertz CT molecular complexity index is 691. The Morgan fingerprint density at radius 3 is 2.65 bits per heavy atom. The van der Waals surface area contributed by atoms with Crippen LogP contribution in [0, 0.1) is 0 Å². The van der Waals surface area contributed by atoms with Crippen LogP contribution in [-0.2, 0) is 5.75 Å². The molecule has 20 heavy (non-hydrogen) atoms. The number of anilines is 2. The fourth-order valence-electron chi connectivity index (χ4n) is 1.47. The van der Waals surface area contributed by atoms with Crippen molar-refractivity contribution < 1.29 is 8.94 Å². The smallest absolute Gasteiger partial charge is 0.238 e. The van der Waals surface area contributed by atoms with Crippen LogP contribution in [0.1, 0.15) is 5.89 Å². The summed E-state index contributed by atoms with van der Waals surface area (Å²) in [4.78, 5) is 12.3. The summed E-state index contributed by atoms with van der Waals surface area (Å²) >= 11 is 1.30. The molecule has 0 aliphatic carbocycles. The molecule has 3 aromatic rings. The zero-order chi connectivity index (χ0) is 13.9. The van der Waals surface area contributed by atoms with Gasteiger partial charge in [0, 0.05) is 6.07 Å². The molecule has 0 aliphatic rings. The van der Waals surface area contributed by atoms with Gasteiger partial charge in [0.15, 0.2) is 10.9 Å². The van der Waals surface area contributed by atoms with E-state index in [1.54, 1.807) is 18.4 Å². The highest BCUT2D eigenvalue weighted by Crippen LogP contribution is 2.22. The molecule has 8 nitrogen and oxygen atoms in total. The second kappa shape index (κ2) is 5.21. The number of hydrogen-bond acceptors (Lipinski definition) is 9. The highest BCUT2D eigenvalue weighted by Gasteiger charge is 2.12. The van der Waals surface area contributed by atoms with Crippen molar-refractivity contribution in [2.75, 3.05) is 11.5 Å². The van der Waals surface area contributed by atoms with Gasteiger partial charge in [-0.2, -0.15) is 4.98 Å². The largest absolute Gasteiger partial charge is 0.461 e. The normalized spacial score (nSPS) is 10.8. The third-order valence-electron chi connectivity index (χ3n) is 2.28. The Morgan fingerprint density at radius 1 is 1.15 bits per heavy atom. The maximum absolute atomic E-state index is 5.59. The van der Waals surface area contributed by atoms with Crippen LogP contribution in [0.25, 0.3) is 11.6 Å². The molecule has 0 radical (unpaired) electrons. The van der Waals surface area contributed by atoms with Crippen LogP contribution in [0.15, 0.2) is 38.6 Å². The van der Waals surface area contributed by atoms with Gasteiger partial charge in [-0.05, 0) is 12.1 Å². The topological polar surface area (TPSA) is 130 Å². The summed E-state index contributed by atoms with van der Waals surface area (Å²) in [5.74, 6) is 2.44. The zero-order valence-electron chi connectivity index (χ0n) is 10.2. The standard InChI is InChI=1S/C11H10N6O2S/c12-7-4-8(13)15-11(14-7)20-5-9-16-10(17-19-9)6-2-1-3-18-6/h1-4H,5H2,(H4,12,13,14,15). The van der Waals surface area contributed by atoms with Gasteiger partial charge in [0.2, 0.25) is 11.7 Å². The van der Waals surface area contributed by atoms with Crippen molar-refractivity contribution >= 4 is 23.4 Å². The van der Waals surface area contributed by atoms with Crippen LogP contribution < -0.4 is 11.5 Å². The minimum atomic E-state index is 0.321. The fraction of sp³-hybridized carbons (Fsp3) is 0.0909. The van der Waals surface area contributed by atoms with Crippen molar-refractivity contribution in [2.45, 2.75) is 10.9 Å². The second-order valence-corrected chi connectivity index (χ2v) is 4.72. The molecule has 0 saturated heterocycles. The maximum atomic E-state index is 5.59. The number of furan rings is 1. The number of thioether (sulfide) groups is 1. The monoisotopic (exact) mass is 290 g/mol. The number of hydrogen-bond donors (Lipinski definition) is 2. The van der Waals surface area contributed by atoms with E-state index in [0.717, 1.165) is 0 Å². The van der Waals surface area contributed by atoms with Gasteiger partial charge in [0.05, 0.1) is 12.0 Å². The number of rotatable bonds is 4. The number of nitrogen functional groups attached to an aromatic ring is 2. The van der Waals surface area contributed by atoms with E-state index in [-0.39, 0.29) is 0 Å². The van der Waals surface area contributed by atoms with Gasteiger partial charge in [0.1, 0.15) is 11.6 Å². The Balaban J connectivity index is 1.69. The second-order valence-electron chi connectivity index (χ2n) is 3.78. The number of aromatic nitrogens is 4. The lowest BCUT2D eigenvalue weighted by Crippen LogP contribution is -1.99. The summed E-state index contributed by atoms with van der Waals surface area (Å²) in [6.45, 7) is 0. The molecule has 0 amide bonds. The van der Waals surface area contributed by atoms with Gasteiger partial charge in [-0.1, -0.05) is 16.9 Å². The third-order valence-corrected chi connectivity index (χ3v) is 3.11. The first-order valence-electron chi connectivity index (χ1n) is 5.60. The molecular formula is C11H10N6O2S. The lowest BCUT2D eigenvalue weighted by molar-refractivity contribution is 0.390. The predicted molar refractivity (Wildman–Crippen MR) is 72.4 cm³/mol. The molecule has 9 heteroatoms. The van der Waals surface area contributed by atoms with Crippen LogP contribution in [0.4, 0.5) is 11.6 Å². The van der Waals surface area contributed by atoms with Crippen molar-refractivity contribution in [1.82, 2.24) is 20.1 Å². The lowest BCUT2D eigenvalue weighted by atomic mass is 10.4. The van der Waals surface area contributed by atoms with E-state index in [0.29, 0.717) is 40.0 Å². The van der Waals surface area contributed by atoms with E-state index < -0.39 is 0 Å². The van der Waals surface area contributed by atoms with E-state index in [4.69, 9.17) is 20.4 Å². The molecular weight excluding hydrogens is 280 g/mol. The van der Waals surface area contributed by atoms with Crippen LogP contribution in [-0.4, -0.2) is 20.1 Å². The van der Waals surface area contributed by atoms with Crippen molar-refractivity contribution in [3.63, 3.8) is 0 Å². The summed E-state index contributed by atoms with van der Waals surface area (Å²) < 4.78 is 10.3. The quantitative estimate of drug-likeness (QED) is 0.543. The average Bonchev–Trinajstić information content (AvgIpc) is 3.06. The van der Waals surface area contributed by atoms with Crippen LogP contribution in [0.3, 0.4) is 0 Å². The molecule has 0 aliphatic heterocycles. The van der Waals surface area contributed by atoms with Crippen molar-refractivity contribution in [1.29, 1.82) is 0 Å². The van der Waals surface area contributed by atoms with Gasteiger partial charge in [0.25, 0.3) is 0 Å². The molecule has 0 spiro atoms. The summed E-state index contributed by atoms with van der Waals surface area (Å²) in [7, 11) is 0. The number of nitrogens with zero attached hydrogens (tertiary/aromatic N) is 4. The molecule has 0 fully saturated rings. The predicted octanol–water partition coefficient (Wildman–Crippen LogP) is 1.58. The Morgan fingerprint density at radius 2 is 1.95 bits per heavy atom. The summed E-state index contributed by atoms with van der Waals surface area (Å²) in [6, 6.07) is 5.00. The van der Waals surface area contributed by atoms with Gasteiger partial charge < -0.3 is 20.4 Å². The molecule has 3 heterocycles. The first kappa shape index (κ1) is 12.5. The minimum absolute atomic E-state index is 0.321. The first-order valence-corrected chi connectivity index (χ1v) is 6.58. The van der Waals surface area contributed by atoms with Crippen molar-refractivity contribution in [3.8, 4) is 11.6 Å². The van der Waals surface area contributed by atoms with Gasteiger partial charge in [-0.3, -0.25) is 0 Å². The molecule has 4 N–H and O–H groups in total. The summed E-state index contributed by atoms with van der Waals surface area (Å²) in [5, 5.41) is 4.28. The molecule has 0 unspecified atom stereocenters. The maximum Gasteiger partial charge on any atom is 0.238 e. The Labute approximate surface area is 117 Å². The van der Waals surface area contributed by atoms with E-state index in [1.807, 2.05) is 0 Å². The molecule has 102 valence electrons. The van der Waals surface area contributed by atoms with E-state index in [1.165, 1.54) is 17.8 Å². The van der Waals surface area contributed by atoms with Crippen molar-refractivity contribution in [3.05, 3.63) is 30.4 Å². The van der Waals surface area contributed by atoms with Gasteiger partial charge in [-0.15, -0.1) is 0 Å². The highest BCUT2D eigenvalue weighted by atomic mass is 32.2. The van der Waals surface area contributed by atoms with Gasteiger partial charge in [-0.25, -0.2) is 9.97 Å². The molecule has 3 aromatic heterocycles. The average molecular weight is 290 g/mol. The van der Waals surface area contributed by atoms with E-state index in [9.17, 15) is 0 Å². The molecule has 3 rings (SSSR count). The molecule has 0 saturated carbocycles. The minimum Gasteiger partial charge on any atom is -0.461 e. The third kappa shape index (κ3) is 2.72. The number of nitrogens with two attached hydrogens (primary N) is 2. The van der Waals surface area contributed by atoms with E-state index in [2.05, 4.69) is 20.1 Å². The zero-order valence-corrected chi connectivity index (χ0v) is 11.0. The van der Waals surface area contributed by atoms with E-state index >= 15 is 0 Å². The van der Waals surface area contributed by atoms with Crippen LogP contribution in [0.5, 0.6) is 0 Å². The molecule has 0 atom stereocenters. The fourth-order valence-corrected chi connectivity index (χ4v) is 2.18. The summed E-state index contributed by atoms with van der Waals surface area (Å²) in [6.07, 6.45) is 1.55. The first-order chi connectivity index (χ1) is 9.70. The Kier molecular flexibility index (Phi) is 3.25. The van der Waals surface area contributed by atoms with Gasteiger partial charge >= 0.3 is 0 Å². The lowest BCUT2D eigenvalue weighted by Gasteiger charge is -2.00. The highest BCUT2D eigenvalue weighted by molar-refractivity contribution is 7.98. The summed E-state index contributed by atoms with van der Waals surface area (Å²) in [5.41, 5.74) is 11.2. The van der Waals surface area contributed by atoms with Crippen LogP contribution in [0.2, 0.25) is 0 Å². The Hall–Kier alpha value is -2.55. The molecule has 0 bridgehead atoms. The van der Waals surface area contributed by atoms with Crippen molar-refractivity contribution in [2.24, 2.45) is 0 Å². The van der Waals surface area contributed by atoms with Crippen LogP contribution >= 0.6 is 11.8 Å². The molecule has 0 aromatic carbocycles. The SMILES string of the molecule is Nc1cc(N)nc(SCc2nc(-c3ccco3)no2)n1.